The Labute approximate surface area is 141 Å². The van der Waals surface area contributed by atoms with Crippen molar-refractivity contribution in [3.05, 3.63) is 61.5 Å². The number of anilines is 1. The summed E-state index contributed by atoms with van der Waals surface area (Å²) in [4.78, 5) is 0. The van der Waals surface area contributed by atoms with Crippen LogP contribution in [-0.4, -0.2) is 0 Å². The highest BCUT2D eigenvalue weighted by Gasteiger charge is 2.33. The molecule has 0 aliphatic heterocycles. The van der Waals surface area contributed by atoms with Crippen molar-refractivity contribution in [3.8, 4) is 0 Å². The van der Waals surface area contributed by atoms with E-state index >= 15 is 0 Å². The zero-order valence-corrected chi connectivity index (χ0v) is 14.4. The molecule has 0 atom stereocenters. The molecule has 2 rings (SSSR count). The first-order chi connectivity index (χ1) is 9.77. The van der Waals surface area contributed by atoms with Gasteiger partial charge in [-0.05, 0) is 67.8 Å². The van der Waals surface area contributed by atoms with Crippen molar-refractivity contribution in [2.45, 2.75) is 12.7 Å². The minimum Gasteiger partial charge on any atom is -0.380 e. The Hall–Kier alpha value is -0.720. The zero-order valence-electron chi connectivity index (χ0n) is 10.4. The highest BCUT2D eigenvalue weighted by atomic mass is 79.9. The van der Waals surface area contributed by atoms with Gasteiger partial charge >= 0.3 is 6.18 Å². The van der Waals surface area contributed by atoms with Crippen LogP contribution in [0, 0.1) is 0 Å². The standard InChI is InChI=1S/C14H9Br2ClF3N/c15-11-3-1-8(5-12(11)16)7-21-13-4-2-9(17)6-10(13)14(18,19)20/h1-6,21H,7H2. The first kappa shape index (κ1) is 16.6. The maximum absolute atomic E-state index is 13.0. The molecule has 21 heavy (non-hydrogen) atoms. The summed E-state index contributed by atoms with van der Waals surface area (Å²) in [6, 6.07) is 9.16. The highest BCUT2D eigenvalue weighted by Crippen LogP contribution is 2.36. The fourth-order valence-electron chi connectivity index (χ4n) is 1.75. The lowest BCUT2D eigenvalue weighted by atomic mass is 10.1. The second-order valence-electron chi connectivity index (χ2n) is 4.29. The van der Waals surface area contributed by atoms with Crippen LogP contribution in [-0.2, 0) is 12.7 Å². The Balaban J connectivity index is 2.22. The summed E-state index contributed by atoms with van der Waals surface area (Å²) in [5.41, 5.74) is 0.0882. The molecule has 0 saturated heterocycles. The van der Waals surface area contributed by atoms with Crippen LogP contribution in [0.5, 0.6) is 0 Å². The van der Waals surface area contributed by atoms with E-state index < -0.39 is 11.7 Å². The molecule has 112 valence electrons. The Bertz CT molecular complexity index is 659. The Morgan fingerprint density at radius 2 is 1.71 bits per heavy atom. The van der Waals surface area contributed by atoms with E-state index in [4.69, 9.17) is 11.6 Å². The molecule has 0 heterocycles. The maximum atomic E-state index is 13.0. The van der Waals surface area contributed by atoms with Gasteiger partial charge in [0.05, 0.1) is 5.56 Å². The molecule has 0 spiro atoms. The molecule has 0 bridgehead atoms. The van der Waals surface area contributed by atoms with E-state index in [0.717, 1.165) is 20.6 Å². The van der Waals surface area contributed by atoms with E-state index in [1.165, 1.54) is 12.1 Å². The summed E-state index contributed by atoms with van der Waals surface area (Å²) in [5.74, 6) is 0. The van der Waals surface area contributed by atoms with Gasteiger partial charge in [-0.15, -0.1) is 0 Å². The molecule has 7 heteroatoms. The molecule has 0 aromatic heterocycles. The van der Waals surface area contributed by atoms with Crippen LogP contribution in [0.15, 0.2) is 45.3 Å². The molecular formula is C14H9Br2ClF3N. The van der Waals surface area contributed by atoms with E-state index in [1.807, 2.05) is 18.2 Å². The molecule has 0 radical (unpaired) electrons. The van der Waals surface area contributed by atoms with Crippen molar-refractivity contribution in [2.24, 2.45) is 0 Å². The quantitative estimate of drug-likeness (QED) is 0.571. The van der Waals surface area contributed by atoms with Gasteiger partial charge in [0.1, 0.15) is 0 Å². The molecule has 2 aromatic carbocycles. The number of alkyl halides is 3. The minimum absolute atomic E-state index is 0.00550. The zero-order chi connectivity index (χ0) is 15.6. The summed E-state index contributed by atoms with van der Waals surface area (Å²) in [7, 11) is 0. The van der Waals surface area contributed by atoms with Crippen LogP contribution >= 0.6 is 43.5 Å². The number of benzene rings is 2. The van der Waals surface area contributed by atoms with Crippen molar-refractivity contribution in [1.82, 2.24) is 0 Å². The van der Waals surface area contributed by atoms with Crippen LogP contribution in [0.25, 0.3) is 0 Å². The number of halogens is 6. The molecule has 0 amide bonds. The number of hydrogen-bond donors (Lipinski definition) is 1. The van der Waals surface area contributed by atoms with Crippen LogP contribution in [0.3, 0.4) is 0 Å². The Kier molecular flexibility index (Phi) is 5.22. The number of nitrogens with one attached hydrogen (secondary N) is 1. The SMILES string of the molecule is FC(F)(F)c1cc(Cl)ccc1NCc1ccc(Br)c(Br)c1. The normalized spacial score (nSPS) is 11.5. The Morgan fingerprint density at radius 3 is 2.33 bits per heavy atom. The lowest BCUT2D eigenvalue weighted by Crippen LogP contribution is -2.10. The van der Waals surface area contributed by atoms with Gasteiger partial charge in [0.2, 0.25) is 0 Å². The third kappa shape index (κ3) is 4.37. The first-order valence-corrected chi connectivity index (χ1v) is 7.78. The topological polar surface area (TPSA) is 12.0 Å². The maximum Gasteiger partial charge on any atom is 0.418 e. The highest BCUT2D eigenvalue weighted by molar-refractivity contribution is 9.13. The molecule has 2 aromatic rings. The van der Waals surface area contributed by atoms with E-state index in [2.05, 4.69) is 37.2 Å². The van der Waals surface area contributed by atoms with Gasteiger partial charge in [0.15, 0.2) is 0 Å². The summed E-state index contributed by atoms with van der Waals surface area (Å²) in [6.45, 7) is 0.274. The van der Waals surface area contributed by atoms with Crippen molar-refractivity contribution < 1.29 is 13.2 Å². The van der Waals surface area contributed by atoms with Gasteiger partial charge in [0, 0.05) is 26.2 Å². The van der Waals surface area contributed by atoms with Gasteiger partial charge in [-0.2, -0.15) is 13.2 Å². The van der Waals surface area contributed by atoms with E-state index in [1.54, 1.807) is 0 Å². The lowest BCUT2D eigenvalue weighted by Gasteiger charge is -2.15. The molecular weight excluding hydrogens is 434 g/mol. The van der Waals surface area contributed by atoms with Crippen LogP contribution in [0.1, 0.15) is 11.1 Å². The van der Waals surface area contributed by atoms with Gasteiger partial charge in [-0.25, -0.2) is 0 Å². The van der Waals surface area contributed by atoms with Crippen LogP contribution in [0.2, 0.25) is 5.02 Å². The average molecular weight is 443 g/mol. The fraction of sp³-hybridized carbons (Fsp3) is 0.143. The van der Waals surface area contributed by atoms with Gasteiger partial charge in [0.25, 0.3) is 0 Å². The second kappa shape index (κ2) is 6.58. The van der Waals surface area contributed by atoms with Gasteiger partial charge in [-0.1, -0.05) is 17.7 Å². The second-order valence-corrected chi connectivity index (χ2v) is 6.43. The predicted octanol–water partition coefficient (Wildman–Crippen LogP) is 6.50. The predicted molar refractivity (Wildman–Crippen MR) is 85.6 cm³/mol. The third-order valence-corrected chi connectivity index (χ3v) is 4.87. The van der Waals surface area contributed by atoms with E-state index in [9.17, 15) is 13.2 Å². The van der Waals surface area contributed by atoms with Crippen molar-refractivity contribution >= 4 is 49.1 Å². The summed E-state index contributed by atoms with van der Waals surface area (Å²) < 4.78 is 40.6. The molecule has 1 nitrogen and oxygen atoms in total. The van der Waals surface area contributed by atoms with E-state index in [-0.39, 0.29) is 17.3 Å². The van der Waals surface area contributed by atoms with Gasteiger partial charge < -0.3 is 5.32 Å². The smallest absolute Gasteiger partial charge is 0.380 e. The molecule has 0 fully saturated rings. The third-order valence-electron chi connectivity index (χ3n) is 2.75. The Morgan fingerprint density at radius 1 is 1.00 bits per heavy atom. The molecule has 0 saturated carbocycles. The molecule has 0 aliphatic rings. The number of rotatable bonds is 3. The summed E-state index contributed by atoms with van der Waals surface area (Å²) in [5, 5.41) is 2.85. The first-order valence-electron chi connectivity index (χ1n) is 5.82. The minimum atomic E-state index is -4.45. The fourth-order valence-corrected chi connectivity index (χ4v) is 2.60. The molecule has 1 N–H and O–H groups in total. The molecule has 0 unspecified atom stereocenters. The lowest BCUT2D eigenvalue weighted by molar-refractivity contribution is -0.136. The number of hydrogen-bond acceptors (Lipinski definition) is 1. The monoisotopic (exact) mass is 441 g/mol. The van der Waals surface area contributed by atoms with Gasteiger partial charge in [-0.3, -0.25) is 0 Å². The van der Waals surface area contributed by atoms with Crippen molar-refractivity contribution in [2.75, 3.05) is 5.32 Å². The van der Waals surface area contributed by atoms with Crippen LogP contribution < -0.4 is 5.32 Å². The summed E-state index contributed by atoms with van der Waals surface area (Å²) in [6.07, 6.45) is -4.45. The molecule has 0 aliphatic carbocycles. The van der Waals surface area contributed by atoms with Crippen molar-refractivity contribution in [3.63, 3.8) is 0 Å². The van der Waals surface area contributed by atoms with E-state index in [0.29, 0.717) is 0 Å². The van der Waals surface area contributed by atoms with Crippen molar-refractivity contribution in [1.29, 1.82) is 0 Å². The summed E-state index contributed by atoms with van der Waals surface area (Å²) >= 11 is 12.3. The van der Waals surface area contributed by atoms with Crippen LogP contribution in [0.4, 0.5) is 18.9 Å². The largest absolute Gasteiger partial charge is 0.418 e. The average Bonchev–Trinajstić information content (AvgIpc) is 2.40.